The molecule has 2 N–H and O–H groups in total. The molecule has 0 fully saturated rings. The van der Waals surface area contributed by atoms with Crippen LogP contribution in [0.25, 0.3) is 0 Å². The zero-order valence-corrected chi connectivity index (χ0v) is 11.7. The van der Waals surface area contributed by atoms with E-state index in [1.807, 2.05) is 30.7 Å². The summed E-state index contributed by atoms with van der Waals surface area (Å²) in [7, 11) is 0. The number of aliphatic hydroxyl groups excluding tert-OH is 1. The van der Waals surface area contributed by atoms with Crippen LogP contribution in [-0.4, -0.2) is 27.3 Å². The first-order chi connectivity index (χ1) is 9.09. The molecule has 19 heavy (non-hydrogen) atoms. The molecule has 1 atom stereocenters. The van der Waals surface area contributed by atoms with E-state index in [1.165, 1.54) is 11.3 Å². The molecule has 0 aliphatic carbocycles. The Morgan fingerprint density at radius 3 is 2.95 bits per heavy atom. The fourth-order valence-electron chi connectivity index (χ4n) is 1.77. The topological polar surface area (TPSA) is 67.2 Å². The van der Waals surface area contributed by atoms with E-state index in [9.17, 15) is 9.90 Å². The van der Waals surface area contributed by atoms with Gasteiger partial charge >= 0.3 is 0 Å². The number of amides is 1. The molecular formula is C13H17N3O2S. The number of thiophene rings is 1. The van der Waals surface area contributed by atoms with Gasteiger partial charge in [0.05, 0.1) is 6.10 Å². The molecule has 0 saturated heterocycles. The molecule has 0 aliphatic heterocycles. The second-order valence-electron chi connectivity index (χ2n) is 4.54. The lowest BCUT2D eigenvalue weighted by atomic mass is 10.2. The van der Waals surface area contributed by atoms with Gasteiger partial charge in [-0.05, 0) is 42.3 Å². The Morgan fingerprint density at radius 1 is 1.53 bits per heavy atom. The van der Waals surface area contributed by atoms with Gasteiger partial charge in [-0.3, -0.25) is 9.48 Å². The van der Waals surface area contributed by atoms with Crippen molar-refractivity contribution in [2.24, 2.45) is 0 Å². The third-order valence-electron chi connectivity index (χ3n) is 2.78. The lowest BCUT2D eigenvalue weighted by Crippen LogP contribution is -2.30. The number of hydrogen-bond acceptors (Lipinski definition) is 4. The summed E-state index contributed by atoms with van der Waals surface area (Å²) in [6.45, 7) is 4.12. The van der Waals surface area contributed by atoms with E-state index in [1.54, 1.807) is 16.9 Å². The van der Waals surface area contributed by atoms with Gasteiger partial charge in [0.2, 0.25) is 0 Å². The molecule has 1 unspecified atom stereocenters. The van der Waals surface area contributed by atoms with E-state index < -0.39 is 6.10 Å². The highest BCUT2D eigenvalue weighted by molar-refractivity contribution is 7.07. The van der Waals surface area contributed by atoms with Gasteiger partial charge in [-0.2, -0.15) is 16.4 Å². The summed E-state index contributed by atoms with van der Waals surface area (Å²) in [6, 6.07) is 3.64. The highest BCUT2D eigenvalue weighted by Gasteiger charge is 2.15. The van der Waals surface area contributed by atoms with Crippen LogP contribution >= 0.6 is 11.3 Å². The van der Waals surface area contributed by atoms with Gasteiger partial charge < -0.3 is 10.4 Å². The number of carbonyl (C=O) groups is 1. The monoisotopic (exact) mass is 279 g/mol. The number of nitrogens with zero attached hydrogens (tertiary/aromatic N) is 2. The van der Waals surface area contributed by atoms with Crippen LogP contribution in [0.2, 0.25) is 0 Å². The molecule has 0 aliphatic rings. The molecule has 2 aromatic rings. The summed E-state index contributed by atoms with van der Waals surface area (Å²) in [4.78, 5) is 12.0. The summed E-state index contributed by atoms with van der Waals surface area (Å²) in [6.07, 6.45) is 0.926. The van der Waals surface area contributed by atoms with Gasteiger partial charge in [-0.25, -0.2) is 0 Å². The van der Waals surface area contributed by atoms with Crippen molar-refractivity contribution in [1.82, 2.24) is 15.1 Å². The first kappa shape index (κ1) is 13.8. The van der Waals surface area contributed by atoms with Crippen molar-refractivity contribution < 1.29 is 9.90 Å². The van der Waals surface area contributed by atoms with Gasteiger partial charge in [0.1, 0.15) is 5.69 Å². The summed E-state index contributed by atoms with van der Waals surface area (Å²) >= 11 is 1.52. The van der Waals surface area contributed by atoms with E-state index in [0.717, 1.165) is 5.56 Å². The number of nitrogens with one attached hydrogen (secondary N) is 1. The van der Waals surface area contributed by atoms with Crippen LogP contribution in [0.4, 0.5) is 0 Å². The van der Waals surface area contributed by atoms with Gasteiger partial charge in [0.25, 0.3) is 5.91 Å². The smallest absolute Gasteiger partial charge is 0.269 e. The maximum atomic E-state index is 12.0. The predicted molar refractivity (Wildman–Crippen MR) is 74.2 cm³/mol. The Labute approximate surface area is 115 Å². The number of rotatable bonds is 5. The van der Waals surface area contributed by atoms with Crippen molar-refractivity contribution in [3.05, 3.63) is 40.3 Å². The van der Waals surface area contributed by atoms with Crippen molar-refractivity contribution in [3.63, 3.8) is 0 Å². The molecule has 2 aromatic heterocycles. The van der Waals surface area contributed by atoms with Crippen molar-refractivity contribution in [3.8, 4) is 0 Å². The Bertz CT molecular complexity index is 534. The third kappa shape index (κ3) is 3.21. The van der Waals surface area contributed by atoms with Crippen molar-refractivity contribution in [1.29, 1.82) is 0 Å². The SMILES string of the molecule is CC(C)n1nccc1C(=O)NCC(O)c1ccsc1. The Balaban J connectivity index is 1.96. The number of hydrogen-bond donors (Lipinski definition) is 2. The van der Waals surface area contributed by atoms with Crippen LogP contribution in [0.3, 0.4) is 0 Å². The zero-order chi connectivity index (χ0) is 13.8. The Morgan fingerprint density at radius 2 is 2.32 bits per heavy atom. The van der Waals surface area contributed by atoms with E-state index in [0.29, 0.717) is 5.69 Å². The molecule has 2 heterocycles. The van der Waals surface area contributed by atoms with Gasteiger partial charge in [0.15, 0.2) is 0 Å². The quantitative estimate of drug-likeness (QED) is 0.879. The minimum absolute atomic E-state index is 0.123. The normalized spacial score (nSPS) is 12.6. The first-order valence-electron chi connectivity index (χ1n) is 6.11. The van der Waals surface area contributed by atoms with Crippen LogP contribution < -0.4 is 5.32 Å². The van der Waals surface area contributed by atoms with Gasteiger partial charge in [-0.1, -0.05) is 0 Å². The van der Waals surface area contributed by atoms with Crippen LogP contribution in [0.1, 0.15) is 42.0 Å². The minimum Gasteiger partial charge on any atom is -0.387 e. The molecule has 0 spiro atoms. The first-order valence-corrected chi connectivity index (χ1v) is 7.05. The second kappa shape index (κ2) is 5.99. The molecule has 1 amide bonds. The van der Waals surface area contributed by atoms with E-state index in [4.69, 9.17) is 0 Å². The van der Waals surface area contributed by atoms with Crippen LogP contribution in [0, 0.1) is 0 Å². The van der Waals surface area contributed by atoms with Crippen molar-refractivity contribution >= 4 is 17.2 Å². The average molecular weight is 279 g/mol. The molecule has 2 rings (SSSR count). The largest absolute Gasteiger partial charge is 0.387 e. The fourth-order valence-corrected chi connectivity index (χ4v) is 2.47. The second-order valence-corrected chi connectivity index (χ2v) is 5.32. The number of aliphatic hydroxyl groups is 1. The fraction of sp³-hybridized carbons (Fsp3) is 0.385. The van der Waals surface area contributed by atoms with E-state index in [2.05, 4.69) is 10.4 Å². The lowest BCUT2D eigenvalue weighted by Gasteiger charge is -2.13. The third-order valence-corrected chi connectivity index (χ3v) is 3.48. The van der Waals surface area contributed by atoms with Crippen LogP contribution in [-0.2, 0) is 0 Å². The van der Waals surface area contributed by atoms with Crippen molar-refractivity contribution in [2.45, 2.75) is 26.0 Å². The maximum Gasteiger partial charge on any atom is 0.269 e. The summed E-state index contributed by atoms with van der Waals surface area (Å²) in [5.41, 5.74) is 1.33. The molecule has 0 saturated carbocycles. The highest BCUT2D eigenvalue weighted by atomic mass is 32.1. The Hall–Kier alpha value is -1.66. The summed E-state index contributed by atoms with van der Waals surface area (Å²) in [5, 5.41) is 20.5. The van der Waals surface area contributed by atoms with Crippen LogP contribution in [0.5, 0.6) is 0 Å². The number of aromatic nitrogens is 2. The van der Waals surface area contributed by atoms with Gasteiger partial charge in [-0.15, -0.1) is 0 Å². The molecular weight excluding hydrogens is 262 g/mol. The van der Waals surface area contributed by atoms with Crippen LogP contribution in [0.15, 0.2) is 29.1 Å². The van der Waals surface area contributed by atoms with Crippen molar-refractivity contribution in [2.75, 3.05) is 6.54 Å². The minimum atomic E-state index is -0.675. The van der Waals surface area contributed by atoms with E-state index >= 15 is 0 Å². The highest BCUT2D eigenvalue weighted by Crippen LogP contribution is 2.15. The molecule has 0 bridgehead atoms. The number of carbonyl (C=O) groups excluding carboxylic acids is 1. The standard InChI is InChI=1S/C13H17N3O2S/c1-9(2)16-11(3-5-15-16)13(18)14-7-12(17)10-4-6-19-8-10/h3-6,8-9,12,17H,7H2,1-2H3,(H,14,18). The summed E-state index contributed by atoms with van der Waals surface area (Å²) < 4.78 is 1.66. The molecule has 0 radical (unpaired) electrons. The van der Waals surface area contributed by atoms with E-state index in [-0.39, 0.29) is 18.5 Å². The Kier molecular flexibility index (Phi) is 4.34. The van der Waals surface area contributed by atoms with Gasteiger partial charge in [0, 0.05) is 18.8 Å². The average Bonchev–Trinajstić information content (AvgIpc) is 3.04. The molecule has 5 nitrogen and oxygen atoms in total. The maximum absolute atomic E-state index is 12.0. The molecule has 0 aromatic carbocycles. The zero-order valence-electron chi connectivity index (χ0n) is 10.9. The molecule has 6 heteroatoms. The summed E-state index contributed by atoms with van der Waals surface area (Å²) in [5.74, 6) is -0.222. The lowest BCUT2D eigenvalue weighted by molar-refractivity contribution is 0.0904. The molecule has 102 valence electrons. The predicted octanol–water partition coefficient (Wildman–Crippen LogP) is 1.99.